The first kappa shape index (κ1) is 13.1. The lowest BCUT2D eigenvalue weighted by molar-refractivity contribution is -0.000448. The molecule has 86 valence electrons. The van der Waals surface area contributed by atoms with Crippen LogP contribution in [0.5, 0.6) is 0 Å². The highest BCUT2D eigenvalue weighted by Crippen LogP contribution is 2.47. The molecule has 5 unspecified atom stereocenters. The maximum Gasteiger partial charge on any atom is 0.327 e. The second kappa shape index (κ2) is 4.93. The van der Waals surface area contributed by atoms with Crippen molar-refractivity contribution in [1.29, 1.82) is 0 Å². The van der Waals surface area contributed by atoms with Crippen molar-refractivity contribution in [2.75, 3.05) is 20.4 Å². The Labute approximate surface area is 88.8 Å². The monoisotopic (exact) mass is 238 g/mol. The first-order valence-electron chi connectivity index (χ1n) is 4.39. The highest BCUT2D eigenvalue weighted by Gasteiger charge is 2.45. The van der Waals surface area contributed by atoms with E-state index in [1.807, 2.05) is 0 Å². The van der Waals surface area contributed by atoms with Crippen LogP contribution in [0, 0.1) is 0 Å². The van der Waals surface area contributed by atoms with Gasteiger partial charge in [0.25, 0.3) is 0 Å². The normalized spacial score (nSPS) is 40.3. The molecule has 15 heavy (non-hydrogen) atoms. The minimum atomic E-state index is -3.32. The van der Waals surface area contributed by atoms with E-state index in [0.717, 1.165) is 0 Å². The van der Waals surface area contributed by atoms with Crippen LogP contribution in [0.25, 0.3) is 0 Å². The zero-order valence-electron chi connectivity index (χ0n) is 8.50. The van der Waals surface area contributed by atoms with Gasteiger partial charge in [-0.25, -0.2) is 4.39 Å². The number of aliphatic hydroxyl groups is 1. The van der Waals surface area contributed by atoms with Gasteiger partial charge in [0.2, 0.25) is 0 Å². The molecule has 1 N–H and O–H groups in total. The number of hydrogen-bond acceptors (Lipinski definition) is 5. The van der Waals surface area contributed by atoms with Crippen LogP contribution in [0.2, 0.25) is 0 Å². The highest BCUT2D eigenvalue weighted by atomic mass is 31.2. The lowest BCUT2D eigenvalue weighted by Crippen LogP contribution is -2.33. The second-order valence-corrected chi connectivity index (χ2v) is 5.41. The van der Waals surface area contributed by atoms with Gasteiger partial charge >= 0.3 is 7.60 Å². The van der Waals surface area contributed by atoms with Gasteiger partial charge in [-0.15, -0.1) is 0 Å². The van der Waals surface area contributed by atoms with Gasteiger partial charge in [-0.1, -0.05) is 0 Å². The molecule has 0 aromatic heterocycles. The maximum absolute atomic E-state index is 13.4. The average molecular weight is 238 g/mol. The SMILES string of the molecule is [B]C1OC(CO)C(OP(C)(=O)OC)C1F. The lowest BCUT2D eigenvalue weighted by Gasteiger charge is -2.21. The summed E-state index contributed by atoms with van der Waals surface area (Å²) >= 11 is 0. The Hall–Kier alpha value is 0.0649. The minimum Gasteiger partial charge on any atom is -0.394 e. The molecular weight excluding hydrogens is 225 g/mol. The molecule has 0 aromatic carbocycles. The minimum absolute atomic E-state index is 0.456. The summed E-state index contributed by atoms with van der Waals surface area (Å²) in [5.74, 6) is 0. The van der Waals surface area contributed by atoms with Crippen LogP contribution in [0.15, 0.2) is 0 Å². The fraction of sp³-hybridized carbons (Fsp3) is 1.00. The third-order valence-corrected chi connectivity index (χ3v) is 3.44. The molecule has 0 aliphatic carbocycles. The predicted octanol–water partition coefficient (Wildman–Crippen LogP) is 0.0647. The Bertz CT molecular complexity index is 266. The Morgan fingerprint density at radius 2 is 2.27 bits per heavy atom. The van der Waals surface area contributed by atoms with Crippen LogP contribution in [-0.4, -0.2) is 57.7 Å². The molecule has 0 bridgehead atoms. The van der Waals surface area contributed by atoms with Crippen molar-refractivity contribution in [3.05, 3.63) is 0 Å². The summed E-state index contributed by atoms with van der Waals surface area (Å²) in [5, 5.41) is 8.88. The van der Waals surface area contributed by atoms with Gasteiger partial charge in [0.05, 0.1) is 12.6 Å². The lowest BCUT2D eigenvalue weighted by atomic mass is 9.94. The van der Waals surface area contributed by atoms with Gasteiger partial charge in [0.1, 0.15) is 26.2 Å². The van der Waals surface area contributed by atoms with E-state index in [1.165, 1.54) is 13.8 Å². The number of hydrogen-bond donors (Lipinski definition) is 1. The van der Waals surface area contributed by atoms with E-state index < -0.39 is 38.6 Å². The molecule has 0 saturated carbocycles. The fourth-order valence-electron chi connectivity index (χ4n) is 1.28. The summed E-state index contributed by atoms with van der Waals surface area (Å²) < 4.78 is 39.3. The molecule has 1 saturated heterocycles. The molecule has 1 aliphatic heterocycles. The van der Waals surface area contributed by atoms with E-state index in [1.54, 1.807) is 0 Å². The first-order valence-corrected chi connectivity index (χ1v) is 6.38. The number of aliphatic hydroxyl groups excluding tert-OH is 1. The standard InChI is InChI=1S/C7H13BFO5P/c1-12-15(2,11)14-6-4(3-10)13-7(8)5(6)9/h4-7,10H,3H2,1-2H3. The number of halogens is 1. The van der Waals surface area contributed by atoms with E-state index in [0.29, 0.717) is 0 Å². The Balaban J connectivity index is 2.70. The average Bonchev–Trinajstić information content (AvgIpc) is 2.45. The van der Waals surface area contributed by atoms with Crippen molar-refractivity contribution in [2.45, 2.75) is 24.4 Å². The van der Waals surface area contributed by atoms with Gasteiger partial charge in [-0.2, -0.15) is 0 Å². The molecule has 8 heteroatoms. The first-order chi connectivity index (χ1) is 6.91. The van der Waals surface area contributed by atoms with Crippen LogP contribution < -0.4 is 0 Å². The molecule has 5 nitrogen and oxygen atoms in total. The molecule has 0 amide bonds. The zero-order chi connectivity index (χ0) is 11.6. The van der Waals surface area contributed by atoms with E-state index in [4.69, 9.17) is 22.2 Å². The van der Waals surface area contributed by atoms with Crippen LogP contribution in [0.1, 0.15) is 0 Å². The van der Waals surface area contributed by atoms with Crippen LogP contribution in [0.3, 0.4) is 0 Å². The van der Waals surface area contributed by atoms with Crippen LogP contribution in [-0.2, 0) is 18.3 Å². The van der Waals surface area contributed by atoms with Crippen LogP contribution in [0.4, 0.5) is 4.39 Å². The molecule has 0 spiro atoms. The molecule has 1 fully saturated rings. The van der Waals surface area contributed by atoms with Gasteiger partial charge in [-0.05, 0) is 0 Å². The van der Waals surface area contributed by atoms with Crippen LogP contribution >= 0.6 is 7.60 Å². The number of alkyl halides is 1. The smallest absolute Gasteiger partial charge is 0.327 e. The van der Waals surface area contributed by atoms with E-state index in [-0.39, 0.29) is 0 Å². The summed E-state index contributed by atoms with van der Waals surface area (Å²) in [7, 11) is 3.14. The largest absolute Gasteiger partial charge is 0.394 e. The second-order valence-electron chi connectivity index (χ2n) is 3.29. The summed E-state index contributed by atoms with van der Waals surface area (Å²) in [4.78, 5) is 0. The summed E-state index contributed by atoms with van der Waals surface area (Å²) in [6, 6.07) is -1.18. The molecular formula is C7H13BFO5P. The fourth-order valence-corrected chi connectivity index (χ4v) is 2.06. The number of ether oxygens (including phenoxy) is 1. The summed E-state index contributed by atoms with van der Waals surface area (Å²) in [6.45, 7) is 0.750. The van der Waals surface area contributed by atoms with Gasteiger partial charge < -0.3 is 14.4 Å². The van der Waals surface area contributed by atoms with Crippen molar-refractivity contribution in [2.24, 2.45) is 0 Å². The van der Waals surface area contributed by atoms with Crippen molar-refractivity contribution in [1.82, 2.24) is 0 Å². The Morgan fingerprint density at radius 1 is 1.67 bits per heavy atom. The van der Waals surface area contributed by atoms with Crippen molar-refractivity contribution in [3.8, 4) is 0 Å². The highest BCUT2D eigenvalue weighted by molar-refractivity contribution is 7.52. The Morgan fingerprint density at radius 3 is 2.73 bits per heavy atom. The number of rotatable bonds is 4. The van der Waals surface area contributed by atoms with E-state index in [2.05, 4.69) is 4.52 Å². The molecule has 1 aliphatic rings. The molecule has 0 aromatic rings. The van der Waals surface area contributed by atoms with E-state index >= 15 is 0 Å². The molecule has 5 atom stereocenters. The Kier molecular flexibility index (Phi) is 4.32. The van der Waals surface area contributed by atoms with Crippen molar-refractivity contribution in [3.63, 3.8) is 0 Å². The van der Waals surface area contributed by atoms with Gasteiger partial charge in [0.15, 0.2) is 0 Å². The topological polar surface area (TPSA) is 65.0 Å². The predicted molar refractivity (Wildman–Crippen MR) is 51.8 cm³/mol. The third kappa shape index (κ3) is 3.01. The molecule has 1 heterocycles. The summed E-state index contributed by atoms with van der Waals surface area (Å²) in [6.07, 6.45) is -3.72. The molecule has 1 rings (SSSR count). The quantitative estimate of drug-likeness (QED) is 0.554. The van der Waals surface area contributed by atoms with Gasteiger partial charge in [0, 0.05) is 13.8 Å². The van der Waals surface area contributed by atoms with Crippen molar-refractivity contribution >= 4 is 15.4 Å². The van der Waals surface area contributed by atoms with Crippen molar-refractivity contribution < 1.29 is 27.8 Å². The maximum atomic E-state index is 13.4. The van der Waals surface area contributed by atoms with E-state index in [9.17, 15) is 8.96 Å². The third-order valence-electron chi connectivity index (χ3n) is 2.15. The molecule has 2 radical (unpaired) electrons. The van der Waals surface area contributed by atoms with Gasteiger partial charge in [-0.3, -0.25) is 9.09 Å². The zero-order valence-corrected chi connectivity index (χ0v) is 9.39. The summed E-state index contributed by atoms with van der Waals surface area (Å²) in [5.41, 5.74) is 0.